The van der Waals surface area contributed by atoms with Gasteiger partial charge in [0.25, 0.3) is 5.91 Å². The van der Waals surface area contributed by atoms with Crippen molar-refractivity contribution in [3.8, 4) is 0 Å². The molecule has 0 fully saturated rings. The number of carbonyl (C=O) groups is 2. The van der Waals surface area contributed by atoms with Gasteiger partial charge in [0, 0.05) is 29.1 Å². The van der Waals surface area contributed by atoms with Crippen LogP contribution >= 0.6 is 11.3 Å². The van der Waals surface area contributed by atoms with Crippen molar-refractivity contribution >= 4 is 34.2 Å². The standard InChI is InChI=1S/C16H18N4O4S/c1-3-23-16(22)20-19-10-5-4-6-11-12(10)9(2)13(24-11)14(21)18-15-17-7-8-25-15/h7-8H,3-6H2,1-2H3,(H,20,22)(H,17,18,21)/b19-10+. The van der Waals surface area contributed by atoms with Gasteiger partial charge in [-0.3, -0.25) is 10.1 Å². The number of hydrogen-bond acceptors (Lipinski definition) is 7. The maximum absolute atomic E-state index is 12.4. The number of nitrogens with one attached hydrogen (secondary N) is 2. The second-order valence-corrected chi connectivity index (χ2v) is 6.28. The van der Waals surface area contributed by atoms with Crippen molar-refractivity contribution in [1.29, 1.82) is 0 Å². The van der Waals surface area contributed by atoms with Crippen LogP contribution in [-0.4, -0.2) is 29.3 Å². The number of hydrazone groups is 1. The molecule has 1 aliphatic rings. The van der Waals surface area contributed by atoms with E-state index in [1.54, 1.807) is 18.5 Å². The number of fused-ring (bicyclic) bond motifs is 1. The second kappa shape index (κ2) is 7.47. The van der Waals surface area contributed by atoms with Crippen molar-refractivity contribution < 1.29 is 18.7 Å². The van der Waals surface area contributed by atoms with Crippen LogP contribution in [-0.2, 0) is 11.2 Å². The van der Waals surface area contributed by atoms with Crippen LogP contribution in [0.3, 0.4) is 0 Å². The highest BCUT2D eigenvalue weighted by atomic mass is 32.1. The van der Waals surface area contributed by atoms with Gasteiger partial charge in [0.2, 0.25) is 0 Å². The Hall–Kier alpha value is -2.68. The summed E-state index contributed by atoms with van der Waals surface area (Å²) < 4.78 is 10.6. The van der Waals surface area contributed by atoms with Gasteiger partial charge in [-0.05, 0) is 26.7 Å². The Morgan fingerprint density at radius 3 is 3.00 bits per heavy atom. The van der Waals surface area contributed by atoms with Gasteiger partial charge in [-0.25, -0.2) is 15.2 Å². The second-order valence-electron chi connectivity index (χ2n) is 5.39. The van der Waals surface area contributed by atoms with E-state index >= 15 is 0 Å². The molecule has 0 saturated carbocycles. The molecule has 2 N–H and O–H groups in total. The Labute approximate surface area is 148 Å². The van der Waals surface area contributed by atoms with Crippen molar-refractivity contribution in [3.63, 3.8) is 0 Å². The molecule has 8 nitrogen and oxygen atoms in total. The summed E-state index contributed by atoms with van der Waals surface area (Å²) in [6.45, 7) is 3.80. The summed E-state index contributed by atoms with van der Waals surface area (Å²) in [5, 5.41) is 9.15. The first kappa shape index (κ1) is 17.2. The third-order valence-corrected chi connectivity index (χ3v) is 4.43. The Bertz CT molecular complexity index is 810. The summed E-state index contributed by atoms with van der Waals surface area (Å²) in [7, 11) is 0. The Balaban J connectivity index is 1.84. The quantitative estimate of drug-likeness (QED) is 0.813. The van der Waals surface area contributed by atoms with E-state index in [4.69, 9.17) is 9.15 Å². The van der Waals surface area contributed by atoms with Crippen molar-refractivity contribution in [2.75, 3.05) is 11.9 Å². The van der Waals surface area contributed by atoms with Crippen LogP contribution in [0.2, 0.25) is 0 Å². The number of ether oxygens (including phenoxy) is 1. The lowest BCUT2D eigenvalue weighted by Gasteiger charge is -2.13. The minimum atomic E-state index is -0.606. The van der Waals surface area contributed by atoms with Crippen molar-refractivity contribution in [1.82, 2.24) is 10.4 Å². The highest BCUT2D eigenvalue weighted by Gasteiger charge is 2.28. The fourth-order valence-electron chi connectivity index (χ4n) is 2.71. The molecule has 9 heteroatoms. The number of furan rings is 1. The first-order valence-corrected chi connectivity index (χ1v) is 8.81. The summed E-state index contributed by atoms with van der Waals surface area (Å²) in [6.07, 6.45) is 3.25. The molecule has 3 rings (SSSR count). The first-order chi connectivity index (χ1) is 12.1. The van der Waals surface area contributed by atoms with Crippen LogP contribution in [0, 0.1) is 6.92 Å². The lowest BCUT2D eigenvalue weighted by atomic mass is 9.93. The van der Waals surface area contributed by atoms with Gasteiger partial charge < -0.3 is 9.15 Å². The van der Waals surface area contributed by atoms with E-state index in [1.165, 1.54) is 11.3 Å². The van der Waals surface area contributed by atoms with E-state index in [2.05, 4.69) is 20.8 Å². The third-order valence-electron chi connectivity index (χ3n) is 3.74. The van der Waals surface area contributed by atoms with E-state index in [0.29, 0.717) is 28.6 Å². The van der Waals surface area contributed by atoms with Gasteiger partial charge in [0.15, 0.2) is 10.9 Å². The summed E-state index contributed by atoms with van der Waals surface area (Å²) >= 11 is 1.33. The average molecular weight is 362 g/mol. The smallest absolute Gasteiger partial charge is 0.427 e. The lowest BCUT2D eigenvalue weighted by molar-refractivity contribution is 0.0994. The summed E-state index contributed by atoms with van der Waals surface area (Å²) in [5.41, 5.74) is 4.54. The summed E-state index contributed by atoms with van der Waals surface area (Å²) in [5.74, 6) is 0.600. The molecule has 0 saturated heterocycles. The van der Waals surface area contributed by atoms with E-state index < -0.39 is 6.09 Å². The number of aryl methyl sites for hydroxylation is 1. The molecular weight excluding hydrogens is 344 g/mol. The van der Waals surface area contributed by atoms with Crippen LogP contribution in [0.1, 0.15) is 47.2 Å². The van der Waals surface area contributed by atoms with Gasteiger partial charge in [0.05, 0.1) is 12.3 Å². The molecule has 0 radical (unpaired) electrons. The summed E-state index contributed by atoms with van der Waals surface area (Å²) in [4.78, 5) is 27.9. The molecular formula is C16H18N4O4S. The molecule has 0 aliphatic heterocycles. The number of anilines is 1. The van der Waals surface area contributed by atoms with Crippen LogP contribution in [0.15, 0.2) is 21.1 Å². The normalized spacial score (nSPS) is 14.9. The number of aromatic nitrogens is 1. The third kappa shape index (κ3) is 3.71. The van der Waals surface area contributed by atoms with Gasteiger partial charge in [-0.1, -0.05) is 0 Å². The number of hydrogen-bond donors (Lipinski definition) is 2. The molecule has 2 amide bonds. The zero-order valence-electron chi connectivity index (χ0n) is 13.9. The average Bonchev–Trinajstić information content (AvgIpc) is 3.21. The Kier molecular flexibility index (Phi) is 5.13. The van der Waals surface area contributed by atoms with Gasteiger partial charge in [0.1, 0.15) is 5.76 Å². The zero-order chi connectivity index (χ0) is 17.8. The molecule has 2 aromatic rings. The molecule has 2 aromatic heterocycles. The number of thiazole rings is 1. The minimum absolute atomic E-state index is 0.242. The fourth-order valence-corrected chi connectivity index (χ4v) is 3.24. The molecule has 0 atom stereocenters. The topological polar surface area (TPSA) is 106 Å². The number of nitrogens with zero attached hydrogens (tertiary/aromatic N) is 2. The SMILES string of the molecule is CCOC(=O)N/N=C1\CCCc2oc(C(=O)Nc3nccs3)c(C)c21. The molecule has 1 aliphatic carbocycles. The van der Waals surface area contributed by atoms with E-state index in [0.717, 1.165) is 18.4 Å². The minimum Gasteiger partial charge on any atom is -0.455 e. The molecule has 0 aromatic carbocycles. The van der Waals surface area contributed by atoms with Crippen molar-refractivity contribution in [2.24, 2.45) is 5.10 Å². The van der Waals surface area contributed by atoms with Crippen LogP contribution < -0.4 is 10.7 Å². The highest BCUT2D eigenvalue weighted by Crippen LogP contribution is 2.30. The fraction of sp³-hybridized carbons (Fsp3) is 0.375. The Morgan fingerprint density at radius 2 is 2.28 bits per heavy atom. The maximum Gasteiger partial charge on any atom is 0.427 e. The van der Waals surface area contributed by atoms with Gasteiger partial charge in [-0.15, -0.1) is 11.3 Å². The maximum atomic E-state index is 12.4. The number of rotatable bonds is 4. The van der Waals surface area contributed by atoms with Crippen LogP contribution in [0.25, 0.3) is 0 Å². The zero-order valence-corrected chi connectivity index (χ0v) is 14.7. The van der Waals surface area contributed by atoms with Gasteiger partial charge in [-0.2, -0.15) is 5.10 Å². The molecule has 25 heavy (non-hydrogen) atoms. The molecule has 2 heterocycles. The highest BCUT2D eigenvalue weighted by molar-refractivity contribution is 7.13. The molecule has 0 spiro atoms. The molecule has 0 unspecified atom stereocenters. The molecule has 132 valence electrons. The van der Waals surface area contributed by atoms with Crippen LogP contribution in [0.4, 0.5) is 9.93 Å². The van der Waals surface area contributed by atoms with Gasteiger partial charge >= 0.3 is 6.09 Å². The largest absolute Gasteiger partial charge is 0.455 e. The monoisotopic (exact) mass is 362 g/mol. The van der Waals surface area contributed by atoms with Crippen LogP contribution in [0.5, 0.6) is 0 Å². The van der Waals surface area contributed by atoms with E-state index in [9.17, 15) is 9.59 Å². The number of carbonyl (C=O) groups excluding carboxylic acids is 2. The molecule has 0 bridgehead atoms. The van der Waals surface area contributed by atoms with E-state index in [-0.39, 0.29) is 18.3 Å². The van der Waals surface area contributed by atoms with E-state index in [1.807, 2.05) is 6.92 Å². The first-order valence-electron chi connectivity index (χ1n) is 7.93. The van der Waals surface area contributed by atoms with Crippen molar-refractivity contribution in [2.45, 2.75) is 33.1 Å². The lowest BCUT2D eigenvalue weighted by Crippen LogP contribution is -2.22. The van der Waals surface area contributed by atoms with Crippen molar-refractivity contribution in [3.05, 3.63) is 34.2 Å². The Morgan fingerprint density at radius 1 is 1.44 bits per heavy atom. The summed E-state index contributed by atoms with van der Waals surface area (Å²) in [6, 6.07) is 0. The predicted molar refractivity (Wildman–Crippen MR) is 93.1 cm³/mol. The predicted octanol–water partition coefficient (Wildman–Crippen LogP) is 3.08. The number of amides is 2.